The molecule has 0 aliphatic carbocycles. The molecule has 0 radical (unpaired) electrons. The monoisotopic (exact) mass is 377 g/mol. The Balaban J connectivity index is 2.04. The molecule has 0 fully saturated rings. The van der Waals surface area contributed by atoms with Gasteiger partial charge in [0.15, 0.2) is 17.6 Å². The van der Waals surface area contributed by atoms with Gasteiger partial charge in [0.25, 0.3) is 5.91 Å². The minimum Gasteiger partial charge on any atom is -0.497 e. The molecule has 0 aliphatic heterocycles. The molecule has 1 N–H and O–H groups in total. The quantitative estimate of drug-likeness (QED) is 0.747. The fourth-order valence-corrected chi connectivity index (χ4v) is 2.22. The van der Waals surface area contributed by atoms with Gasteiger partial charge in [0.05, 0.1) is 26.9 Å². The minimum absolute atomic E-state index is 0.267. The number of amides is 1. The number of carbonyl (C=O) groups is 2. The molecular formula is C19H20FNO6. The molecule has 7 nitrogen and oxygen atoms in total. The van der Waals surface area contributed by atoms with Crippen molar-refractivity contribution in [1.29, 1.82) is 0 Å². The fraction of sp³-hybridized carbons (Fsp3) is 0.263. The number of benzene rings is 2. The highest BCUT2D eigenvalue weighted by Gasteiger charge is 2.22. The molecule has 2 aromatic carbocycles. The van der Waals surface area contributed by atoms with Gasteiger partial charge in [0.1, 0.15) is 11.6 Å². The first-order chi connectivity index (χ1) is 12.9. The summed E-state index contributed by atoms with van der Waals surface area (Å²) in [6.45, 7) is 1.38. The van der Waals surface area contributed by atoms with Gasteiger partial charge < -0.3 is 24.3 Å². The molecule has 2 rings (SSSR count). The Kier molecular flexibility index (Phi) is 6.59. The average molecular weight is 377 g/mol. The summed E-state index contributed by atoms with van der Waals surface area (Å²) >= 11 is 0. The number of carbonyl (C=O) groups excluding carboxylic acids is 2. The van der Waals surface area contributed by atoms with Crippen LogP contribution >= 0.6 is 0 Å². The van der Waals surface area contributed by atoms with Gasteiger partial charge in [0, 0.05) is 17.8 Å². The second-order valence-electron chi connectivity index (χ2n) is 5.45. The van der Waals surface area contributed by atoms with Crippen molar-refractivity contribution in [2.45, 2.75) is 13.0 Å². The Morgan fingerprint density at radius 2 is 1.67 bits per heavy atom. The summed E-state index contributed by atoms with van der Waals surface area (Å²) in [5, 5.41) is 2.59. The maximum absolute atomic E-state index is 13.9. The summed E-state index contributed by atoms with van der Waals surface area (Å²) in [7, 11) is 4.35. The number of anilines is 1. The van der Waals surface area contributed by atoms with Gasteiger partial charge in [-0.15, -0.1) is 0 Å². The van der Waals surface area contributed by atoms with Gasteiger partial charge in [-0.2, -0.15) is 0 Å². The van der Waals surface area contributed by atoms with E-state index in [9.17, 15) is 14.0 Å². The number of esters is 1. The first-order valence-electron chi connectivity index (χ1n) is 7.97. The van der Waals surface area contributed by atoms with Crippen molar-refractivity contribution in [3.05, 3.63) is 47.8 Å². The smallest absolute Gasteiger partial charge is 0.341 e. The Labute approximate surface area is 156 Å². The number of rotatable bonds is 7. The van der Waals surface area contributed by atoms with E-state index in [2.05, 4.69) is 5.32 Å². The number of methoxy groups -OCH3 is 3. The van der Waals surface area contributed by atoms with Gasteiger partial charge in [0.2, 0.25) is 0 Å². The maximum Gasteiger partial charge on any atom is 0.341 e. The van der Waals surface area contributed by atoms with E-state index in [0.717, 1.165) is 6.07 Å². The van der Waals surface area contributed by atoms with E-state index < -0.39 is 23.8 Å². The molecular weight excluding hydrogens is 357 g/mol. The molecule has 0 bridgehead atoms. The molecule has 2 aromatic rings. The first-order valence-corrected chi connectivity index (χ1v) is 7.97. The molecule has 27 heavy (non-hydrogen) atoms. The second-order valence-corrected chi connectivity index (χ2v) is 5.45. The van der Waals surface area contributed by atoms with Crippen LogP contribution in [0.15, 0.2) is 36.4 Å². The van der Waals surface area contributed by atoms with Gasteiger partial charge in [-0.3, -0.25) is 4.79 Å². The number of ether oxygens (including phenoxy) is 4. The maximum atomic E-state index is 13.9. The van der Waals surface area contributed by atoms with Crippen molar-refractivity contribution < 1.29 is 32.9 Å². The Morgan fingerprint density at radius 3 is 2.26 bits per heavy atom. The second kappa shape index (κ2) is 8.88. The van der Waals surface area contributed by atoms with Crippen molar-refractivity contribution in [3.8, 4) is 17.2 Å². The highest BCUT2D eigenvalue weighted by molar-refractivity contribution is 5.97. The Hall–Kier alpha value is -3.29. The summed E-state index contributed by atoms with van der Waals surface area (Å²) < 4.78 is 34.1. The van der Waals surface area contributed by atoms with E-state index in [4.69, 9.17) is 18.9 Å². The highest BCUT2D eigenvalue weighted by atomic mass is 19.1. The van der Waals surface area contributed by atoms with Crippen molar-refractivity contribution in [2.75, 3.05) is 26.6 Å². The third-order valence-corrected chi connectivity index (χ3v) is 3.70. The Bertz CT molecular complexity index is 839. The van der Waals surface area contributed by atoms with Crippen molar-refractivity contribution in [2.24, 2.45) is 0 Å². The van der Waals surface area contributed by atoms with Crippen molar-refractivity contribution in [1.82, 2.24) is 0 Å². The minimum atomic E-state index is -1.15. The summed E-state index contributed by atoms with van der Waals surface area (Å²) in [5.74, 6) is -1.13. The molecule has 0 aromatic heterocycles. The lowest BCUT2D eigenvalue weighted by molar-refractivity contribution is -0.123. The van der Waals surface area contributed by atoms with E-state index in [1.165, 1.54) is 40.4 Å². The molecule has 0 aliphatic rings. The topological polar surface area (TPSA) is 83.1 Å². The van der Waals surface area contributed by atoms with Crippen LogP contribution in [-0.2, 0) is 9.53 Å². The lowest BCUT2D eigenvalue weighted by atomic mass is 10.2. The van der Waals surface area contributed by atoms with Crippen molar-refractivity contribution in [3.63, 3.8) is 0 Å². The molecule has 1 atom stereocenters. The summed E-state index contributed by atoms with van der Waals surface area (Å²) in [6, 6.07) is 8.51. The normalized spacial score (nSPS) is 11.3. The van der Waals surface area contributed by atoms with E-state index in [-0.39, 0.29) is 11.3 Å². The first kappa shape index (κ1) is 20.0. The van der Waals surface area contributed by atoms with Crippen LogP contribution in [0.5, 0.6) is 17.2 Å². The van der Waals surface area contributed by atoms with Gasteiger partial charge >= 0.3 is 5.97 Å². The number of halogens is 1. The molecule has 0 heterocycles. The van der Waals surface area contributed by atoms with Crippen molar-refractivity contribution >= 4 is 17.6 Å². The molecule has 0 unspecified atom stereocenters. The lowest BCUT2D eigenvalue weighted by Crippen LogP contribution is -2.30. The molecule has 0 saturated heterocycles. The van der Waals surface area contributed by atoms with E-state index >= 15 is 0 Å². The molecule has 1 amide bonds. The highest BCUT2D eigenvalue weighted by Crippen LogP contribution is 2.29. The van der Waals surface area contributed by atoms with E-state index in [1.807, 2.05) is 0 Å². The van der Waals surface area contributed by atoms with Crippen LogP contribution in [0.3, 0.4) is 0 Å². The van der Waals surface area contributed by atoms with Crippen LogP contribution in [0.25, 0.3) is 0 Å². The SMILES string of the molecule is COc1ccc(C(=O)O[C@H](C)C(=O)Nc2ccc(OC)c(OC)c2)c(F)c1. The van der Waals surface area contributed by atoms with Gasteiger partial charge in [-0.25, -0.2) is 9.18 Å². The molecule has 0 saturated carbocycles. The van der Waals surface area contributed by atoms with Gasteiger partial charge in [-0.1, -0.05) is 0 Å². The van der Waals surface area contributed by atoms with E-state index in [0.29, 0.717) is 17.2 Å². The summed E-state index contributed by atoms with van der Waals surface area (Å²) in [6.07, 6.45) is -1.15. The van der Waals surface area contributed by atoms with E-state index in [1.54, 1.807) is 18.2 Å². The number of hydrogen-bond donors (Lipinski definition) is 1. The van der Waals surface area contributed by atoms with Gasteiger partial charge in [-0.05, 0) is 31.2 Å². The third kappa shape index (κ3) is 4.87. The molecule has 144 valence electrons. The van der Waals surface area contributed by atoms with Crippen LogP contribution in [0.2, 0.25) is 0 Å². The predicted molar refractivity (Wildman–Crippen MR) is 96.0 cm³/mol. The summed E-state index contributed by atoms with van der Waals surface area (Å²) in [4.78, 5) is 24.3. The van der Waals surface area contributed by atoms with Crippen LogP contribution in [-0.4, -0.2) is 39.3 Å². The number of hydrogen-bond acceptors (Lipinski definition) is 6. The lowest BCUT2D eigenvalue weighted by Gasteiger charge is -2.15. The zero-order chi connectivity index (χ0) is 20.0. The van der Waals surface area contributed by atoms with Crippen LogP contribution in [0.4, 0.5) is 10.1 Å². The fourth-order valence-electron chi connectivity index (χ4n) is 2.22. The average Bonchev–Trinajstić information content (AvgIpc) is 2.67. The number of nitrogens with one attached hydrogen (secondary N) is 1. The summed E-state index contributed by atoms with van der Waals surface area (Å²) in [5.41, 5.74) is 0.137. The standard InChI is InChI=1S/C19H20FNO6/c1-11(27-19(23)14-7-6-13(24-2)10-15(14)20)18(22)21-12-5-8-16(25-3)17(9-12)26-4/h5-11H,1-4H3,(H,21,22)/t11-/m1/s1. The Morgan fingerprint density at radius 1 is 0.963 bits per heavy atom. The molecule has 0 spiro atoms. The van der Waals surface area contributed by atoms with Crippen LogP contribution < -0.4 is 19.5 Å². The predicted octanol–water partition coefficient (Wildman–Crippen LogP) is 3.04. The molecule has 8 heteroatoms. The van der Waals surface area contributed by atoms with Crippen LogP contribution in [0, 0.1) is 5.82 Å². The zero-order valence-electron chi connectivity index (χ0n) is 15.4. The zero-order valence-corrected chi connectivity index (χ0v) is 15.4. The largest absolute Gasteiger partial charge is 0.497 e. The van der Waals surface area contributed by atoms with Crippen LogP contribution in [0.1, 0.15) is 17.3 Å². The third-order valence-electron chi connectivity index (χ3n) is 3.70.